The summed E-state index contributed by atoms with van der Waals surface area (Å²) in [5.41, 5.74) is 1.14. The van der Waals surface area contributed by atoms with Crippen LogP contribution in [0, 0.1) is 5.92 Å². The fourth-order valence-electron chi connectivity index (χ4n) is 2.66. The molecule has 1 aliphatic rings. The van der Waals surface area contributed by atoms with E-state index in [9.17, 15) is 14.7 Å². The molecule has 0 aliphatic carbocycles. The highest BCUT2D eigenvalue weighted by molar-refractivity contribution is 7.80. The van der Waals surface area contributed by atoms with E-state index in [1.54, 1.807) is 13.8 Å². The van der Waals surface area contributed by atoms with E-state index in [0.29, 0.717) is 6.42 Å². The van der Waals surface area contributed by atoms with Crippen LogP contribution < -0.4 is 5.32 Å². The highest BCUT2D eigenvalue weighted by Gasteiger charge is 2.43. The molecule has 5 nitrogen and oxygen atoms in total. The molecule has 1 aromatic carbocycles. The molecule has 0 saturated carbocycles. The van der Waals surface area contributed by atoms with Crippen LogP contribution in [0.4, 0.5) is 0 Å². The van der Waals surface area contributed by atoms with Gasteiger partial charge in [-0.1, -0.05) is 44.2 Å². The highest BCUT2D eigenvalue weighted by atomic mass is 32.1. The van der Waals surface area contributed by atoms with Gasteiger partial charge in [-0.05, 0) is 36.5 Å². The number of aliphatic carboxylic acids is 1. The summed E-state index contributed by atoms with van der Waals surface area (Å²) < 4.78 is 0. The van der Waals surface area contributed by atoms with Crippen molar-refractivity contribution in [1.82, 2.24) is 10.2 Å². The van der Waals surface area contributed by atoms with E-state index in [-0.39, 0.29) is 16.9 Å². The van der Waals surface area contributed by atoms with Crippen LogP contribution in [-0.4, -0.2) is 39.1 Å². The topological polar surface area (TPSA) is 69.6 Å². The standard InChI is InChI=1S/C16H20N2O3S/c1-10(2)13(15(20)21)18-14(19)12(17-16(18)22)9-8-11-6-4-3-5-7-11/h3-7,10,12-13H,8-9H2,1-2H3,(H,17,22)(H,20,21)/t12-,13?/m0/s1. The summed E-state index contributed by atoms with van der Waals surface area (Å²) in [6, 6.07) is 8.49. The van der Waals surface area contributed by atoms with Gasteiger partial charge in [-0.3, -0.25) is 9.69 Å². The molecule has 1 amide bonds. The van der Waals surface area contributed by atoms with Gasteiger partial charge in [0.2, 0.25) is 0 Å². The second-order valence-electron chi connectivity index (χ2n) is 5.76. The fourth-order valence-corrected chi connectivity index (χ4v) is 3.00. The van der Waals surface area contributed by atoms with E-state index >= 15 is 0 Å². The Morgan fingerprint density at radius 3 is 2.55 bits per heavy atom. The lowest BCUT2D eigenvalue weighted by Crippen LogP contribution is -2.48. The Labute approximate surface area is 135 Å². The van der Waals surface area contributed by atoms with Gasteiger partial charge in [0, 0.05) is 0 Å². The van der Waals surface area contributed by atoms with Gasteiger partial charge in [0.15, 0.2) is 5.11 Å². The first-order valence-corrected chi connectivity index (χ1v) is 7.73. The molecule has 6 heteroatoms. The number of hydrogen-bond acceptors (Lipinski definition) is 3. The van der Waals surface area contributed by atoms with E-state index in [0.717, 1.165) is 12.0 Å². The van der Waals surface area contributed by atoms with Crippen molar-refractivity contribution in [2.45, 2.75) is 38.8 Å². The minimum atomic E-state index is -1.03. The molecule has 1 heterocycles. The molecule has 0 spiro atoms. The number of carbonyl (C=O) groups is 2. The summed E-state index contributed by atoms with van der Waals surface area (Å²) in [6.45, 7) is 3.54. The first-order valence-electron chi connectivity index (χ1n) is 7.32. The Balaban J connectivity index is 2.06. The zero-order valence-corrected chi connectivity index (χ0v) is 13.5. The van der Waals surface area contributed by atoms with Crippen LogP contribution in [-0.2, 0) is 16.0 Å². The van der Waals surface area contributed by atoms with Gasteiger partial charge in [-0.25, -0.2) is 4.79 Å². The van der Waals surface area contributed by atoms with Crippen molar-refractivity contribution in [3.63, 3.8) is 0 Å². The van der Waals surface area contributed by atoms with Gasteiger partial charge in [-0.15, -0.1) is 0 Å². The number of thiocarbonyl (C=S) groups is 1. The smallest absolute Gasteiger partial charge is 0.327 e. The molecule has 118 valence electrons. The third-order valence-corrected chi connectivity index (χ3v) is 4.09. The van der Waals surface area contributed by atoms with Crippen molar-refractivity contribution in [1.29, 1.82) is 0 Å². The molecule has 1 unspecified atom stereocenters. The second kappa shape index (κ2) is 6.87. The molecule has 2 rings (SSSR count). The van der Waals surface area contributed by atoms with Gasteiger partial charge >= 0.3 is 5.97 Å². The molecule has 0 aromatic heterocycles. The van der Waals surface area contributed by atoms with Crippen LogP contribution in [0.25, 0.3) is 0 Å². The molecule has 1 fully saturated rings. The first-order chi connectivity index (χ1) is 10.4. The molecule has 22 heavy (non-hydrogen) atoms. The number of carbonyl (C=O) groups excluding carboxylic acids is 1. The molecule has 1 saturated heterocycles. The lowest BCUT2D eigenvalue weighted by molar-refractivity contribution is -0.148. The Morgan fingerprint density at radius 1 is 1.36 bits per heavy atom. The monoisotopic (exact) mass is 320 g/mol. The number of carboxylic acid groups (broad SMARTS) is 1. The number of amides is 1. The number of aryl methyl sites for hydroxylation is 1. The van der Waals surface area contributed by atoms with Gasteiger partial charge in [-0.2, -0.15) is 0 Å². The molecule has 0 radical (unpaired) electrons. The van der Waals surface area contributed by atoms with Crippen LogP contribution in [0.1, 0.15) is 25.8 Å². The van der Waals surface area contributed by atoms with Crippen LogP contribution in [0.5, 0.6) is 0 Å². The summed E-state index contributed by atoms with van der Waals surface area (Å²) in [6.07, 6.45) is 1.32. The average molecular weight is 320 g/mol. The number of nitrogens with zero attached hydrogens (tertiary/aromatic N) is 1. The number of rotatable bonds is 6. The van der Waals surface area contributed by atoms with Crippen LogP contribution in [0.3, 0.4) is 0 Å². The Kier molecular flexibility index (Phi) is 5.13. The summed E-state index contributed by atoms with van der Waals surface area (Å²) in [5, 5.41) is 12.5. The van der Waals surface area contributed by atoms with Crippen molar-refractivity contribution < 1.29 is 14.7 Å². The zero-order chi connectivity index (χ0) is 16.3. The summed E-state index contributed by atoms with van der Waals surface area (Å²) >= 11 is 5.17. The Bertz CT molecular complexity index is 574. The number of hydrogen-bond donors (Lipinski definition) is 2. The van der Waals surface area contributed by atoms with E-state index < -0.39 is 18.1 Å². The SMILES string of the molecule is CC(C)C(C(=O)O)N1C(=O)[C@H](CCc2ccccc2)NC1=S. The molecular weight excluding hydrogens is 300 g/mol. The van der Waals surface area contributed by atoms with Gasteiger partial charge < -0.3 is 10.4 Å². The van der Waals surface area contributed by atoms with Crippen LogP contribution in [0.15, 0.2) is 30.3 Å². The minimum Gasteiger partial charge on any atom is -0.480 e. The predicted octanol–water partition coefficient (Wildman–Crippen LogP) is 1.81. The Hall–Kier alpha value is -1.95. The minimum absolute atomic E-state index is 0.212. The lowest BCUT2D eigenvalue weighted by atomic mass is 10.0. The first kappa shape index (κ1) is 16.4. The van der Waals surface area contributed by atoms with Crippen molar-refractivity contribution in [2.24, 2.45) is 5.92 Å². The third-order valence-electron chi connectivity index (χ3n) is 3.78. The largest absolute Gasteiger partial charge is 0.480 e. The number of carboxylic acids is 1. The maximum Gasteiger partial charge on any atom is 0.327 e. The summed E-state index contributed by atoms with van der Waals surface area (Å²) in [4.78, 5) is 25.1. The van der Waals surface area contributed by atoms with E-state index in [1.165, 1.54) is 4.90 Å². The predicted molar refractivity (Wildman–Crippen MR) is 87.4 cm³/mol. The fraction of sp³-hybridized carbons (Fsp3) is 0.438. The summed E-state index contributed by atoms with van der Waals surface area (Å²) in [7, 11) is 0. The highest BCUT2D eigenvalue weighted by Crippen LogP contribution is 2.20. The number of nitrogens with one attached hydrogen (secondary N) is 1. The molecule has 2 atom stereocenters. The normalized spacial score (nSPS) is 19.4. The van der Waals surface area contributed by atoms with Gasteiger partial charge in [0.25, 0.3) is 5.91 Å². The molecule has 2 N–H and O–H groups in total. The van der Waals surface area contributed by atoms with Crippen molar-refractivity contribution in [3.8, 4) is 0 Å². The van der Waals surface area contributed by atoms with E-state index in [4.69, 9.17) is 12.2 Å². The van der Waals surface area contributed by atoms with E-state index in [2.05, 4.69) is 5.32 Å². The number of benzene rings is 1. The maximum atomic E-state index is 12.5. The maximum absolute atomic E-state index is 12.5. The lowest BCUT2D eigenvalue weighted by Gasteiger charge is -2.26. The van der Waals surface area contributed by atoms with Crippen molar-refractivity contribution >= 4 is 29.2 Å². The Morgan fingerprint density at radius 2 is 2.00 bits per heavy atom. The quantitative estimate of drug-likeness (QED) is 0.783. The zero-order valence-electron chi connectivity index (χ0n) is 12.7. The third kappa shape index (κ3) is 3.44. The van der Waals surface area contributed by atoms with Crippen molar-refractivity contribution in [2.75, 3.05) is 0 Å². The van der Waals surface area contributed by atoms with E-state index in [1.807, 2.05) is 30.3 Å². The molecule has 0 bridgehead atoms. The molecular formula is C16H20N2O3S. The average Bonchev–Trinajstić information content (AvgIpc) is 2.73. The second-order valence-corrected chi connectivity index (χ2v) is 6.15. The van der Waals surface area contributed by atoms with Crippen molar-refractivity contribution in [3.05, 3.63) is 35.9 Å². The van der Waals surface area contributed by atoms with Crippen LogP contribution in [0.2, 0.25) is 0 Å². The molecule has 1 aromatic rings. The molecule has 1 aliphatic heterocycles. The van der Waals surface area contributed by atoms with Gasteiger partial charge in [0.05, 0.1) is 0 Å². The van der Waals surface area contributed by atoms with Crippen LogP contribution >= 0.6 is 12.2 Å². The van der Waals surface area contributed by atoms with Gasteiger partial charge in [0.1, 0.15) is 12.1 Å². The summed E-state index contributed by atoms with van der Waals surface area (Å²) in [5.74, 6) is -1.49.